The highest BCUT2D eigenvalue weighted by Crippen LogP contribution is 2.46. The summed E-state index contributed by atoms with van der Waals surface area (Å²) in [4.78, 5) is 12.0. The van der Waals surface area contributed by atoms with E-state index in [-0.39, 0.29) is 0 Å². The fraction of sp³-hybridized carbons (Fsp3) is 0.421. The molecule has 2 fully saturated rings. The first-order valence-electron chi connectivity index (χ1n) is 8.04. The number of aromatic carboxylic acids is 1. The fourth-order valence-corrected chi connectivity index (χ4v) is 3.80. The van der Waals surface area contributed by atoms with E-state index in [1.807, 2.05) is 6.07 Å². The van der Waals surface area contributed by atoms with E-state index in [0.29, 0.717) is 17.4 Å². The summed E-state index contributed by atoms with van der Waals surface area (Å²) in [7, 11) is 0. The van der Waals surface area contributed by atoms with Crippen molar-refractivity contribution in [1.82, 2.24) is 0 Å². The zero-order valence-corrected chi connectivity index (χ0v) is 12.1. The predicted octanol–water partition coefficient (Wildman–Crippen LogP) is 5.07. The van der Waals surface area contributed by atoms with Crippen LogP contribution in [0.25, 0.3) is 10.8 Å². The van der Waals surface area contributed by atoms with Crippen LogP contribution in [0.4, 0.5) is 0 Å². The molecule has 0 atom stereocenters. The molecule has 4 rings (SSSR count). The second-order valence-corrected chi connectivity index (χ2v) is 6.54. The largest absolute Gasteiger partial charge is 0.478 e. The summed E-state index contributed by atoms with van der Waals surface area (Å²) in [5.41, 5.74) is 2.84. The van der Waals surface area contributed by atoms with E-state index in [4.69, 9.17) is 0 Å². The Hall–Kier alpha value is -1.83. The molecule has 0 amide bonds. The molecule has 0 radical (unpaired) electrons. The molecular weight excluding hydrogens is 260 g/mol. The average molecular weight is 280 g/mol. The van der Waals surface area contributed by atoms with Crippen LogP contribution in [0.3, 0.4) is 0 Å². The Kier molecular flexibility index (Phi) is 2.99. The Morgan fingerprint density at radius 2 is 1.67 bits per heavy atom. The molecule has 2 aliphatic rings. The summed E-state index contributed by atoms with van der Waals surface area (Å²) in [5, 5.41) is 12.2. The van der Waals surface area contributed by atoms with Gasteiger partial charge in [-0.15, -0.1) is 0 Å². The van der Waals surface area contributed by atoms with Crippen LogP contribution in [0.2, 0.25) is 0 Å². The molecule has 2 aromatic rings. The average Bonchev–Trinajstić information content (AvgIpc) is 2.34. The van der Waals surface area contributed by atoms with Crippen LogP contribution in [0, 0.1) is 0 Å². The first-order chi connectivity index (χ1) is 10.3. The Labute approximate surface area is 124 Å². The van der Waals surface area contributed by atoms with Gasteiger partial charge in [-0.3, -0.25) is 0 Å². The second-order valence-electron chi connectivity index (χ2n) is 6.54. The minimum atomic E-state index is -0.732. The molecule has 2 nitrogen and oxygen atoms in total. The standard InChI is InChI=1S/C19H20O2/c20-19(21)18-16(12-6-3-7-12)11-14-5-1-2-10-15(14)17(18)13-8-4-9-13/h1-2,5,10-13H,3-4,6-9H2,(H,20,21). The fourth-order valence-electron chi connectivity index (χ4n) is 3.80. The molecule has 0 spiro atoms. The second kappa shape index (κ2) is 4.87. The van der Waals surface area contributed by atoms with Gasteiger partial charge in [-0.1, -0.05) is 37.1 Å². The van der Waals surface area contributed by atoms with Gasteiger partial charge in [-0.05, 0) is 65.5 Å². The molecule has 2 aromatic carbocycles. The van der Waals surface area contributed by atoms with Gasteiger partial charge in [0.25, 0.3) is 0 Å². The van der Waals surface area contributed by atoms with Gasteiger partial charge in [0.05, 0.1) is 5.56 Å². The topological polar surface area (TPSA) is 37.3 Å². The van der Waals surface area contributed by atoms with Crippen LogP contribution < -0.4 is 0 Å². The highest BCUT2D eigenvalue weighted by atomic mass is 16.4. The van der Waals surface area contributed by atoms with E-state index in [1.54, 1.807) is 0 Å². The highest BCUT2D eigenvalue weighted by molar-refractivity contribution is 6.00. The molecule has 0 unspecified atom stereocenters. The number of carbonyl (C=O) groups is 1. The lowest BCUT2D eigenvalue weighted by Gasteiger charge is -2.33. The third kappa shape index (κ3) is 1.97. The lowest BCUT2D eigenvalue weighted by atomic mass is 9.71. The van der Waals surface area contributed by atoms with Crippen molar-refractivity contribution >= 4 is 16.7 Å². The number of benzene rings is 2. The van der Waals surface area contributed by atoms with E-state index in [1.165, 1.54) is 18.2 Å². The summed E-state index contributed by atoms with van der Waals surface area (Å²) in [6.45, 7) is 0. The van der Waals surface area contributed by atoms with E-state index in [0.717, 1.165) is 42.2 Å². The predicted molar refractivity (Wildman–Crippen MR) is 84.1 cm³/mol. The molecule has 0 aromatic heterocycles. The molecule has 0 saturated heterocycles. The Bertz CT molecular complexity index is 709. The monoisotopic (exact) mass is 280 g/mol. The zero-order valence-electron chi connectivity index (χ0n) is 12.1. The van der Waals surface area contributed by atoms with Crippen LogP contribution in [0.5, 0.6) is 0 Å². The number of hydrogen-bond donors (Lipinski definition) is 1. The number of carboxylic acids is 1. The quantitative estimate of drug-likeness (QED) is 0.852. The van der Waals surface area contributed by atoms with Gasteiger partial charge in [-0.2, -0.15) is 0 Å². The number of fused-ring (bicyclic) bond motifs is 1. The Morgan fingerprint density at radius 3 is 2.24 bits per heavy atom. The smallest absolute Gasteiger partial charge is 0.336 e. The Balaban J connectivity index is 2.02. The molecule has 1 N–H and O–H groups in total. The summed E-state index contributed by atoms with van der Waals surface area (Å²) in [6, 6.07) is 10.5. The van der Waals surface area contributed by atoms with E-state index in [2.05, 4.69) is 24.3 Å². The van der Waals surface area contributed by atoms with Gasteiger partial charge in [0.2, 0.25) is 0 Å². The molecule has 2 saturated carbocycles. The number of hydrogen-bond acceptors (Lipinski definition) is 1. The van der Waals surface area contributed by atoms with Crippen molar-refractivity contribution in [2.45, 2.75) is 50.4 Å². The van der Waals surface area contributed by atoms with Gasteiger partial charge >= 0.3 is 5.97 Å². The van der Waals surface area contributed by atoms with E-state index < -0.39 is 5.97 Å². The molecule has 0 aliphatic heterocycles. The van der Waals surface area contributed by atoms with Crippen LogP contribution in [0.1, 0.15) is 71.8 Å². The summed E-state index contributed by atoms with van der Waals surface area (Å²) >= 11 is 0. The van der Waals surface area contributed by atoms with Crippen molar-refractivity contribution in [3.05, 3.63) is 47.0 Å². The van der Waals surface area contributed by atoms with Gasteiger partial charge < -0.3 is 5.11 Å². The third-order valence-corrected chi connectivity index (χ3v) is 5.39. The molecule has 2 aliphatic carbocycles. The Morgan fingerprint density at radius 1 is 1.00 bits per heavy atom. The van der Waals surface area contributed by atoms with Crippen molar-refractivity contribution in [2.24, 2.45) is 0 Å². The molecule has 108 valence electrons. The molecule has 21 heavy (non-hydrogen) atoms. The maximum atomic E-state index is 12.0. The van der Waals surface area contributed by atoms with Crippen LogP contribution in [0.15, 0.2) is 30.3 Å². The highest BCUT2D eigenvalue weighted by Gasteiger charge is 2.32. The van der Waals surface area contributed by atoms with Gasteiger partial charge in [-0.25, -0.2) is 4.79 Å². The first kappa shape index (κ1) is 12.9. The minimum Gasteiger partial charge on any atom is -0.478 e. The van der Waals surface area contributed by atoms with E-state index in [9.17, 15) is 9.90 Å². The van der Waals surface area contributed by atoms with E-state index >= 15 is 0 Å². The summed E-state index contributed by atoms with van der Waals surface area (Å²) in [6.07, 6.45) is 7.02. The number of rotatable bonds is 3. The van der Waals surface area contributed by atoms with Crippen LogP contribution >= 0.6 is 0 Å². The van der Waals surface area contributed by atoms with Crippen molar-refractivity contribution in [2.75, 3.05) is 0 Å². The van der Waals surface area contributed by atoms with Crippen LogP contribution in [-0.4, -0.2) is 11.1 Å². The van der Waals surface area contributed by atoms with Gasteiger partial charge in [0, 0.05) is 0 Å². The van der Waals surface area contributed by atoms with Crippen molar-refractivity contribution in [3.63, 3.8) is 0 Å². The lowest BCUT2D eigenvalue weighted by Crippen LogP contribution is -2.20. The maximum Gasteiger partial charge on any atom is 0.336 e. The van der Waals surface area contributed by atoms with Gasteiger partial charge in [0.1, 0.15) is 0 Å². The first-order valence-corrected chi connectivity index (χ1v) is 8.04. The third-order valence-electron chi connectivity index (χ3n) is 5.39. The normalized spacial score (nSPS) is 19.2. The molecule has 0 bridgehead atoms. The minimum absolute atomic E-state index is 0.445. The SMILES string of the molecule is O=C(O)c1c(C2CCC2)cc2ccccc2c1C1CCC1. The summed E-state index contributed by atoms with van der Waals surface area (Å²) < 4.78 is 0. The molecular formula is C19H20O2. The van der Waals surface area contributed by atoms with Crippen molar-refractivity contribution in [1.29, 1.82) is 0 Å². The summed E-state index contributed by atoms with van der Waals surface area (Å²) in [5.74, 6) is 0.171. The van der Waals surface area contributed by atoms with Crippen molar-refractivity contribution < 1.29 is 9.90 Å². The lowest BCUT2D eigenvalue weighted by molar-refractivity contribution is 0.0692. The maximum absolute atomic E-state index is 12.0. The van der Waals surface area contributed by atoms with Crippen molar-refractivity contribution in [3.8, 4) is 0 Å². The van der Waals surface area contributed by atoms with Gasteiger partial charge in [0.15, 0.2) is 0 Å². The molecule has 0 heterocycles. The number of carboxylic acid groups (broad SMARTS) is 1. The molecule has 2 heteroatoms. The van der Waals surface area contributed by atoms with Crippen LogP contribution in [-0.2, 0) is 0 Å². The zero-order chi connectivity index (χ0) is 14.4.